The third kappa shape index (κ3) is 6.94. The number of methoxy groups -OCH3 is 2. The smallest absolute Gasteiger partial charge is 0.150 e. The fourth-order valence-corrected chi connectivity index (χ4v) is 5.32. The van der Waals surface area contributed by atoms with E-state index in [1.54, 1.807) is 26.2 Å². The van der Waals surface area contributed by atoms with Crippen molar-refractivity contribution in [2.45, 2.75) is 50.8 Å². The minimum absolute atomic E-state index is 0.0704. The standard InChI is InChI=1S/C28H37NO5S/c1-5-20(2)17-32-23-14-26(31-4)28-27(15-23)34-19-29(35-28)16-22-11-12-24(25(13-22)30-3)33-18-21-9-7-6-8-10-21/h6-11,13-15,20,24,26,28H,5,12,16-19H2,1-4H3/t20-,24?,26?,28?/m0/s1. The molecule has 1 aromatic carbocycles. The van der Waals surface area contributed by atoms with Gasteiger partial charge in [0.05, 0.1) is 26.4 Å². The molecule has 0 radical (unpaired) electrons. The van der Waals surface area contributed by atoms with Gasteiger partial charge in [0.25, 0.3) is 0 Å². The van der Waals surface area contributed by atoms with E-state index in [1.807, 2.05) is 24.3 Å². The minimum atomic E-state index is -0.101. The van der Waals surface area contributed by atoms with Gasteiger partial charge in [0, 0.05) is 19.7 Å². The van der Waals surface area contributed by atoms with E-state index in [4.69, 9.17) is 23.7 Å². The maximum Gasteiger partial charge on any atom is 0.150 e. The normalized spacial score (nSPS) is 25.3. The maximum atomic E-state index is 6.15. The summed E-state index contributed by atoms with van der Waals surface area (Å²) in [4.78, 5) is 0. The lowest BCUT2D eigenvalue weighted by atomic mass is 10.0. The molecule has 35 heavy (non-hydrogen) atoms. The van der Waals surface area contributed by atoms with Crippen molar-refractivity contribution in [1.29, 1.82) is 0 Å². The lowest BCUT2D eigenvalue weighted by Gasteiger charge is -2.38. The highest BCUT2D eigenvalue weighted by Crippen LogP contribution is 2.38. The van der Waals surface area contributed by atoms with Crippen molar-refractivity contribution >= 4 is 11.9 Å². The molecule has 1 aliphatic heterocycles. The number of nitrogens with zero attached hydrogens (tertiary/aromatic N) is 1. The predicted molar refractivity (Wildman–Crippen MR) is 139 cm³/mol. The summed E-state index contributed by atoms with van der Waals surface area (Å²) in [5.41, 5.74) is 2.36. The van der Waals surface area contributed by atoms with E-state index in [2.05, 4.69) is 48.5 Å². The summed E-state index contributed by atoms with van der Waals surface area (Å²) in [6.07, 6.45) is 10.1. The summed E-state index contributed by atoms with van der Waals surface area (Å²) >= 11 is 1.76. The zero-order chi connectivity index (χ0) is 24.6. The second kappa shape index (κ2) is 12.7. The van der Waals surface area contributed by atoms with Crippen LogP contribution in [-0.2, 0) is 30.3 Å². The molecule has 0 saturated carbocycles. The van der Waals surface area contributed by atoms with Crippen molar-refractivity contribution in [1.82, 2.24) is 4.31 Å². The molecule has 0 N–H and O–H groups in total. The van der Waals surface area contributed by atoms with E-state index in [0.717, 1.165) is 42.2 Å². The summed E-state index contributed by atoms with van der Waals surface area (Å²) in [5, 5.41) is 0.0710. The van der Waals surface area contributed by atoms with Gasteiger partial charge in [0.15, 0.2) is 6.73 Å². The largest absolute Gasteiger partial charge is 0.498 e. The van der Waals surface area contributed by atoms with Crippen molar-refractivity contribution in [2.75, 3.05) is 34.1 Å². The first-order chi connectivity index (χ1) is 17.1. The van der Waals surface area contributed by atoms with Crippen LogP contribution in [0.3, 0.4) is 0 Å². The first kappa shape index (κ1) is 25.9. The van der Waals surface area contributed by atoms with Gasteiger partial charge in [-0.1, -0.05) is 68.6 Å². The lowest BCUT2D eigenvalue weighted by Crippen LogP contribution is -2.40. The first-order valence-corrected chi connectivity index (χ1v) is 13.2. The van der Waals surface area contributed by atoms with E-state index in [-0.39, 0.29) is 17.5 Å². The number of hydrogen-bond donors (Lipinski definition) is 0. The van der Waals surface area contributed by atoms with E-state index in [1.165, 1.54) is 5.57 Å². The third-order valence-electron chi connectivity index (χ3n) is 6.46. The minimum Gasteiger partial charge on any atom is -0.498 e. The average Bonchev–Trinajstić information content (AvgIpc) is 2.91. The van der Waals surface area contributed by atoms with Crippen LogP contribution in [0.25, 0.3) is 0 Å². The van der Waals surface area contributed by atoms with Crippen LogP contribution in [0.4, 0.5) is 0 Å². The first-order valence-electron chi connectivity index (χ1n) is 12.3. The second-order valence-electron chi connectivity index (χ2n) is 9.13. The van der Waals surface area contributed by atoms with Gasteiger partial charge in [-0.15, -0.1) is 0 Å². The Bertz CT molecular complexity index is 957. The van der Waals surface area contributed by atoms with Crippen molar-refractivity contribution in [3.63, 3.8) is 0 Å². The summed E-state index contributed by atoms with van der Waals surface area (Å²) < 4.78 is 32.0. The Labute approximate surface area is 213 Å². The van der Waals surface area contributed by atoms with Crippen molar-refractivity contribution in [3.8, 4) is 0 Å². The van der Waals surface area contributed by atoms with Crippen LogP contribution in [0.15, 0.2) is 77.5 Å². The molecule has 3 aliphatic rings. The zero-order valence-electron chi connectivity index (χ0n) is 21.1. The molecule has 1 saturated heterocycles. The zero-order valence-corrected chi connectivity index (χ0v) is 22.0. The summed E-state index contributed by atoms with van der Waals surface area (Å²) in [6.45, 7) is 6.89. The molecular weight excluding hydrogens is 462 g/mol. The third-order valence-corrected chi connectivity index (χ3v) is 7.72. The molecule has 0 spiro atoms. The number of fused-ring (bicyclic) bond motifs is 1. The Morgan fingerprint density at radius 1 is 1.17 bits per heavy atom. The second-order valence-corrected chi connectivity index (χ2v) is 10.4. The Hall–Kier alpha value is -2.19. The fourth-order valence-electron chi connectivity index (χ4n) is 4.11. The van der Waals surface area contributed by atoms with Crippen LogP contribution in [0, 0.1) is 5.92 Å². The van der Waals surface area contributed by atoms with Gasteiger partial charge >= 0.3 is 0 Å². The Morgan fingerprint density at radius 3 is 2.74 bits per heavy atom. The van der Waals surface area contributed by atoms with E-state index < -0.39 is 0 Å². The van der Waals surface area contributed by atoms with Crippen LogP contribution >= 0.6 is 11.9 Å². The Balaban J connectivity index is 1.32. The molecule has 1 aromatic rings. The highest BCUT2D eigenvalue weighted by atomic mass is 32.2. The van der Waals surface area contributed by atoms with Crippen molar-refractivity contribution < 1.29 is 23.7 Å². The molecule has 4 atom stereocenters. The molecule has 4 rings (SSSR count). The highest BCUT2D eigenvalue weighted by molar-refractivity contribution is 7.97. The molecule has 0 aromatic heterocycles. The predicted octanol–water partition coefficient (Wildman–Crippen LogP) is 5.60. The number of benzene rings is 1. The maximum absolute atomic E-state index is 6.15. The Kier molecular flexibility index (Phi) is 9.38. The van der Waals surface area contributed by atoms with Crippen molar-refractivity contribution in [2.24, 2.45) is 5.92 Å². The Morgan fingerprint density at radius 2 is 2.00 bits per heavy atom. The molecule has 6 nitrogen and oxygen atoms in total. The van der Waals surface area contributed by atoms with E-state index in [0.29, 0.717) is 25.9 Å². The van der Waals surface area contributed by atoms with Gasteiger partial charge in [0.1, 0.15) is 28.6 Å². The van der Waals surface area contributed by atoms with Crippen LogP contribution in [0.2, 0.25) is 0 Å². The molecule has 3 unspecified atom stereocenters. The van der Waals surface area contributed by atoms with Crippen molar-refractivity contribution in [3.05, 3.63) is 83.0 Å². The van der Waals surface area contributed by atoms with E-state index >= 15 is 0 Å². The number of hydrogen-bond acceptors (Lipinski definition) is 7. The van der Waals surface area contributed by atoms with Crippen LogP contribution < -0.4 is 0 Å². The summed E-state index contributed by atoms with van der Waals surface area (Å²) in [7, 11) is 3.45. The van der Waals surface area contributed by atoms with Crippen LogP contribution in [0.5, 0.6) is 0 Å². The van der Waals surface area contributed by atoms with Gasteiger partial charge in [-0.3, -0.25) is 0 Å². The van der Waals surface area contributed by atoms with Gasteiger partial charge < -0.3 is 23.7 Å². The molecule has 0 bridgehead atoms. The molecule has 2 aliphatic carbocycles. The SMILES string of the molecule is CC[C@H](C)COC1=CC(OC)C2SN(CC3=CCC(OCc4ccccc4)C(OC)=C3)COC2=C1. The molecule has 190 valence electrons. The lowest BCUT2D eigenvalue weighted by molar-refractivity contribution is 0.0287. The fraction of sp³-hybridized carbons (Fsp3) is 0.500. The molecule has 1 fully saturated rings. The number of ether oxygens (including phenoxy) is 5. The van der Waals surface area contributed by atoms with Crippen LogP contribution in [-0.4, -0.2) is 55.9 Å². The average molecular weight is 500 g/mol. The molecule has 1 heterocycles. The molecule has 0 amide bonds. The summed E-state index contributed by atoms with van der Waals surface area (Å²) in [6, 6.07) is 10.2. The molecular formula is C28H37NO5S. The van der Waals surface area contributed by atoms with Gasteiger partial charge in [-0.2, -0.15) is 0 Å². The van der Waals surface area contributed by atoms with Gasteiger partial charge in [-0.05, 0) is 35.6 Å². The topological polar surface area (TPSA) is 49.4 Å². The van der Waals surface area contributed by atoms with Gasteiger partial charge in [-0.25, -0.2) is 4.31 Å². The summed E-state index contributed by atoms with van der Waals surface area (Å²) in [5.74, 6) is 3.13. The van der Waals surface area contributed by atoms with Crippen LogP contribution in [0.1, 0.15) is 32.3 Å². The number of rotatable bonds is 11. The van der Waals surface area contributed by atoms with E-state index in [9.17, 15) is 0 Å². The highest BCUT2D eigenvalue weighted by Gasteiger charge is 2.36. The number of allylic oxidation sites excluding steroid dienone is 1. The quantitative estimate of drug-likeness (QED) is 0.368. The molecule has 7 heteroatoms. The van der Waals surface area contributed by atoms with Gasteiger partial charge in [0.2, 0.25) is 0 Å². The monoisotopic (exact) mass is 499 g/mol.